The molecule has 0 spiro atoms. The van der Waals surface area contributed by atoms with Gasteiger partial charge in [-0.25, -0.2) is 0 Å². The van der Waals surface area contributed by atoms with E-state index >= 15 is 0 Å². The third-order valence-electron chi connectivity index (χ3n) is 5.31. The lowest BCUT2D eigenvalue weighted by Crippen LogP contribution is -2.45. The summed E-state index contributed by atoms with van der Waals surface area (Å²) in [5, 5.41) is 0. The fraction of sp³-hybridized carbons (Fsp3) is 0.435. The molecule has 1 heterocycles. The van der Waals surface area contributed by atoms with Gasteiger partial charge in [-0.15, -0.1) is 0 Å². The minimum absolute atomic E-state index is 0.120. The van der Waals surface area contributed by atoms with Gasteiger partial charge in [0.2, 0.25) is 5.91 Å². The Morgan fingerprint density at radius 2 is 1.67 bits per heavy atom. The molecule has 1 aliphatic rings. The van der Waals surface area contributed by atoms with Gasteiger partial charge in [0, 0.05) is 12.0 Å². The molecule has 162 valence electrons. The van der Waals surface area contributed by atoms with Crippen LogP contribution < -0.4 is 9.47 Å². The highest BCUT2D eigenvalue weighted by Crippen LogP contribution is 2.43. The SMILES string of the molecule is COc1cc2c(cc1OC)C(c1cccc(C(F)(F)F)c1)N(C(=O)C(C)(C)C)CC2. The molecule has 1 atom stereocenters. The number of carbonyl (C=O) groups is 1. The first kappa shape index (κ1) is 22.0. The van der Waals surface area contributed by atoms with Crippen molar-refractivity contribution in [1.29, 1.82) is 0 Å². The monoisotopic (exact) mass is 421 g/mol. The van der Waals surface area contributed by atoms with Gasteiger partial charge in [0.1, 0.15) is 0 Å². The van der Waals surface area contributed by atoms with Crippen molar-refractivity contribution in [3.63, 3.8) is 0 Å². The standard InChI is InChI=1S/C23H26F3NO3/c1-22(2,3)21(28)27-10-9-14-12-18(29-4)19(30-5)13-17(14)20(27)15-7-6-8-16(11-15)23(24,25)26/h6-8,11-13,20H,9-10H2,1-5H3. The molecule has 0 fully saturated rings. The number of carbonyl (C=O) groups excluding carboxylic acids is 1. The summed E-state index contributed by atoms with van der Waals surface area (Å²) in [7, 11) is 3.04. The molecule has 3 rings (SSSR count). The molecular formula is C23H26F3NO3. The molecule has 0 saturated heterocycles. The minimum Gasteiger partial charge on any atom is -0.493 e. The van der Waals surface area contributed by atoms with E-state index < -0.39 is 23.2 Å². The van der Waals surface area contributed by atoms with Crippen LogP contribution in [0.15, 0.2) is 36.4 Å². The minimum atomic E-state index is -4.47. The number of nitrogens with zero attached hydrogens (tertiary/aromatic N) is 1. The Labute approximate surface area is 174 Å². The predicted molar refractivity (Wildman–Crippen MR) is 108 cm³/mol. The third kappa shape index (κ3) is 4.11. The molecule has 2 aromatic rings. The summed E-state index contributed by atoms with van der Waals surface area (Å²) in [6, 6.07) is 8.13. The van der Waals surface area contributed by atoms with Gasteiger partial charge in [0.15, 0.2) is 11.5 Å². The van der Waals surface area contributed by atoms with Crippen LogP contribution in [0.4, 0.5) is 13.2 Å². The van der Waals surface area contributed by atoms with Crippen molar-refractivity contribution in [3.05, 3.63) is 58.7 Å². The highest BCUT2D eigenvalue weighted by atomic mass is 19.4. The predicted octanol–water partition coefficient (Wildman–Crippen LogP) is 5.24. The van der Waals surface area contributed by atoms with E-state index in [9.17, 15) is 18.0 Å². The molecule has 0 aliphatic carbocycles. The van der Waals surface area contributed by atoms with E-state index in [4.69, 9.17) is 9.47 Å². The van der Waals surface area contributed by atoms with Crippen molar-refractivity contribution < 1.29 is 27.4 Å². The largest absolute Gasteiger partial charge is 0.493 e. The summed E-state index contributed by atoms with van der Waals surface area (Å²) < 4.78 is 50.9. The van der Waals surface area contributed by atoms with Crippen LogP contribution in [0.3, 0.4) is 0 Å². The Bertz CT molecular complexity index is 948. The number of amides is 1. The number of methoxy groups -OCH3 is 2. The molecule has 2 aromatic carbocycles. The zero-order valence-electron chi connectivity index (χ0n) is 17.8. The number of halogens is 3. The number of hydrogen-bond donors (Lipinski definition) is 0. The van der Waals surface area contributed by atoms with Crippen LogP contribution in [-0.2, 0) is 17.4 Å². The van der Waals surface area contributed by atoms with Crippen molar-refractivity contribution in [1.82, 2.24) is 4.90 Å². The van der Waals surface area contributed by atoms with Crippen molar-refractivity contribution in [2.75, 3.05) is 20.8 Å². The number of rotatable bonds is 3. The van der Waals surface area contributed by atoms with Crippen LogP contribution in [0.1, 0.15) is 49.1 Å². The van der Waals surface area contributed by atoms with E-state index in [1.54, 1.807) is 17.0 Å². The second-order valence-electron chi connectivity index (χ2n) is 8.43. The number of ether oxygens (including phenoxy) is 2. The van der Waals surface area contributed by atoms with Gasteiger partial charge < -0.3 is 14.4 Å². The molecule has 0 N–H and O–H groups in total. The Morgan fingerprint density at radius 3 is 2.23 bits per heavy atom. The van der Waals surface area contributed by atoms with E-state index in [1.807, 2.05) is 26.8 Å². The van der Waals surface area contributed by atoms with Gasteiger partial charge in [0.05, 0.1) is 25.8 Å². The topological polar surface area (TPSA) is 38.8 Å². The van der Waals surface area contributed by atoms with E-state index in [0.717, 1.165) is 23.3 Å². The highest BCUT2D eigenvalue weighted by molar-refractivity contribution is 5.83. The molecule has 7 heteroatoms. The number of fused-ring (bicyclic) bond motifs is 1. The van der Waals surface area contributed by atoms with Crippen LogP contribution >= 0.6 is 0 Å². The van der Waals surface area contributed by atoms with E-state index in [1.165, 1.54) is 20.3 Å². The molecular weight excluding hydrogens is 395 g/mol. The number of alkyl halides is 3. The summed E-state index contributed by atoms with van der Waals surface area (Å²) in [4.78, 5) is 14.9. The summed E-state index contributed by atoms with van der Waals surface area (Å²) in [6.45, 7) is 5.83. The Hall–Kier alpha value is -2.70. The smallest absolute Gasteiger partial charge is 0.416 e. The molecule has 4 nitrogen and oxygen atoms in total. The lowest BCUT2D eigenvalue weighted by atomic mass is 9.84. The van der Waals surface area contributed by atoms with Gasteiger partial charge in [-0.05, 0) is 47.4 Å². The molecule has 0 saturated carbocycles. The van der Waals surface area contributed by atoms with E-state index in [0.29, 0.717) is 30.0 Å². The molecule has 1 aliphatic heterocycles. The maximum absolute atomic E-state index is 13.4. The maximum atomic E-state index is 13.4. The molecule has 1 unspecified atom stereocenters. The van der Waals surface area contributed by atoms with Gasteiger partial charge in [-0.3, -0.25) is 4.79 Å². The van der Waals surface area contributed by atoms with Crippen molar-refractivity contribution in [2.24, 2.45) is 5.41 Å². The first-order chi connectivity index (χ1) is 14.0. The second kappa shape index (κ2) is 7.85. The first-order valence-electron chi connectivity index (χ1n) is 9.70. The average molecular weight is 421 g/mol. The van der Waals surface area contributed by atoms with Crippen LogP contribution in [-0.4, -0.2) is 31.6 Å². The lowest BCUT2D eigenvalue weighted by molar-refractivity contribution is -0.141. The summed E-state index contributed by atoms with van der Waals surface area (Å²) in [5.74, 6) is 0.901. The summed E-state index contributed by atoms with van der Waals surface area (Å²) >= 11 is 0. The molecule has 30 heavy (non-hydrogen) atoms. The fourth-order valence-corrected chi connectivity index (χ4v) is 3.84. The van der Waals surface area contributed by atoms with Crippen LogP contribution in [0.2, 0.25) is 0 Å². The van der Waals surface area contributed by atoms with Crippen molar-refractivity contribution in [2.45, 2.75) is 39.4 Å². The van der Waals surface area contributed by atoms with Gasteiger partial charge in [-0.1, -0.05) is 32.9 Å². The Balaban J connectivity index is 2.22. The molecule has 1 amide bonds. The quantitative estimate of drug-likeness (QED) is 0.680. The second-order valence-corrected chi connectivity index (χ2v) is 8.43. The van der Waals surface area contributed by atoms with Crippen molar-refractivity contribution in [3.8, 4) is 11.5 Å². The van der Waals surface area contributed by atoms with Crippen LogP contribution in [0.25, 0.3) is 0 Å². The molecule has 0 radical (unpaired) electrons. The number of benzene rings is 2. The zero-order chi connectivity index (χ0) is 22.3. The molecule has 0 aromatic heterocycles. The average Bonchev–Trinajstić information content (AvgIpc) is 2.70. The van der Waals surface area contributed by atoms with E-state index in [-0.39, 0.29) is 5.91 Å². The third-order valence-corrected chi connectivity index (χ3v) is 5.31. The van der Waals surface area contributed by atoms with Gasteiger partial charge in [-0.2, -0.15) is 13.2 Å². The number of hydrogen-bond acceptors (Lipinski definition) is 3. The normalized spacial score (nSPS) is 16.8. The van der Waals surface area contributed by atoms with Gasteiger partial charge >= 0.3 is 6.18 Å². The summed E-state index contributed by atoms with van der Waals surface area (Å²) in [6.07, 6.45) is -3.89. The fourth-order valence-electron chi connectivity index (χ4n) is 3.84. The zero-order valence-corrected chi connectivity index (χ0v) is 17.8. The van der Waals surface area contributed by atoms with Crippen LogP contribution in [0, 0.1) is 5.41 Å². The van der Waals surface area contributed by atoms with E-state index in [2.05, 4.69) is 0 Å². The Kier molecular flexibility index (Phi) is 5.76. The highest BCUT2D eigenvalue weighted by Gasteiger charge is 2.39. The van der Waals surface area contributed by atoms with Gasteiger partial charge in [0.25, 0.3) is 0 Å². The van der Waals surface area contributed by atoms with Crippen LogP contribution in [0.5, 0.6) is 11.5 Å². The van der Waals surface area contributed by atoms with Crippen molar-refractivity contribution >= 4 is 5.91 Å². The first-order valence-corrected chi connectivity index (χ1v) is 9.70. The summed E-state index contributed by atoms with van der Waals surface area (Å²) in [5.41, 5.74) is 0.670. The maximum Gasteiger partial charge on any atom is 0.416 e. The molecule has 0 bridgehead atoms. The lowest BCUT2D eigenvalue weighted by Gasteiger charge is -2.41. The Morgan fingerprint density at radius 1 is 1.03 bits per heavy atom.